The van der Waals surface area contributed by atoms with Crippen LogP contribution in [-0.4, -0.2) is 37.0 Å². The number of furan rings is 1. The summed E-state index contributed by atoms with van der Waals surface area (Å²) in [7, 11) is 3.21. The van der Waals surface area contributed by atoms with Crippen LogP contribution in [0.15, 0.2) is 59.0 Å². The van der Waals surface area contributed by atoms with Crippen molar-refractivity contribution < 1.29 is 23.5 Å². The SMILES string of the molecule is C[C@H](OC(=O)c1oc2ccccc2c1COc1ccccc1)C(=O)N(C)C. The standard InChI is InChI=1S/C21H21NO5/c1-14(20(23)22(2)3)26-21(24)19-17(13-25-15-9-5-4-6-10-15)16-11-7-8-12-18(16)27-19/h4-12,14H,13H2,1-3H3/t14-/m0/s1. The molecule has 0 saturated carbocycles. The number of carbonyl (C=O) groups excluding carboxylic acids is 2. The van der Waals surface area contributed by atoms with Crippen molar-refractivity contribution in [2.24, 2.45) is 0 Å². The third-order valence-electron chi connectivity index (χ3n) is 4.08. The normalized spacial score (nSPS) is 11.8. The maximum absolute atomic E-state index is 12.6. The maximum Gasteiger partial charge on any atom is 0.375 e. The van der Waals surface area contributed by atoms with E-state index >= 15 is 0 Å². The molecule has 0 bridgehead atoms. The van der Waals surface area contributed by atoms with Crippen LogP contribution in [0.5, 0.6) is 5.75 Å². The van der Waals surface area contributed by atoms with Crippen LogP contribution in [0, 0.1) is 0 Å². The Hall–Kier alpha value is -3.28. The van der Waals surface area contributed by atoms with Gasteiger partial charge in [0.2, 0.25) is 5.76 Å². The molecule has 1 amide bonds. The zero-order valence-electron chi connectivity index (χ0n) is 15.5. The number of rotatable bonds is 6. The van der Waals surface area contributed by atoms with Crippen LogP contribution in [0.3, 0.4) is 0 Å². The fraction of sp³-hybridized carbons (Fsp3) is 0.238. The van der Waals surface area contributed by atoms with Gasteiger partial charge < -0.3 is 18.8 Å². The first kappa shape index (κ1) is 18.5. The van der Waals surface area contributed by atoms with Gasteiger partial charge in [-0.05, 0) is 25.1 Å². The number of benzene rings is 2. The Morgan fingerprint density at radius 1 is 1.04 bits per heavy atom. The Morgan fingerprint density at radius 3 is 2.41 bits per heavy atom. The van der Waals surface area contributed by atoms with Crippen molar-refractivity contribution >= 4 is 22.8 Å². The highest BCUT2D eigenvalue weighted by molar-refractivity contribution is 5.97. The van der Waals surface area contributed by atoms with Crippen molar-refractivity contribution in [3.8, 4) is 5.75 Å². The van der Waals surface area contributed by atoms with Crippen molar-refractivity contribution in [2.75, 3.05) is 14.1 Å². The van der Waals surface area contributed by atoms with E-state index in [1.165, 1.54) is 11.8 Å². The molecule has 0 aliphatic heterocycles. The molecule has 1 heterocycles. The number of ether oxygens (including phenoxy) is 2. The topological polar surface area (TPSA) is 69.0 Å². The molecule has 6 heteroatoms. The highest BCUT2D eigenvalue weighted by Crippen LogP contribution is 2.28. The van der Waals surface area contributed by atoms with Gasteiger partial charge in [-0.2, -0.15) is 0 Å². The lowest BCUT2D eigenvalue weighted by atomic mass is 10.1. The van der Waals surface area contributed by atoms with E-state index < -0.39 is 12.1 Å². The van der Waals surface area contributed by atoms with E-state index in [-0.39, 0.29) is 18.3 Å². The molecular weight excluding hydrogens is 346 g/mol. The largest absolute Gasteiger partial charge is 0.489 e. The number of likely N-dealkylation sites (N-methyl/N-ethyl adjacent to an activating group) is 1. The summed E-state index contributed by atoms with van der Waals surface area (Å²) in [6.45, 7) is 1.67. The second-order valence-corrected chi connectivity index (χ2v) is 6.29. The Bertz CT molecular complexity index is 946. The van der Waals surface area contributed by atoms with Crippen molar-refractivity contribution in [3.05, 3.63) is 65.9 Å². The zero-order valence-corrected chi connectivity index (χ0v) is 15.5. The molecule has 1 aromatic heterocycles. The summed E-state index contributed by atoms with van der Waals surface area (Å²) in [6.07, 6.45) is -0.913. The average molecular weight is 367 g/mol. The molecule has 0 aliphatic carbocycles. The van der Waals surface area contributed by atoms with Crippen LogP contribution in [-0.2, 0) is 16.1 Å². The van der Waals surface area contributed by atoms with E-state index in [0.29, 0.717) is 16.9 Å². The molecule has 0 aliphatic rings. The Labute approximate surface area is 157 Å². The monoisotopic (exact) mass is 367 g/mol. The smallest absolute Gasteiger partial charge is 0.375 e. The number of para-hydroxylation sites is 2. The summed E-state index contributed by atoms with van der Waals surface area (Å²) in [5.74, 6) is -0.272. The minimum Gasteiger partial charge on any atom is -0.489 e. The number of nitrogens with zero attached hydrogens (tertiary/aromatic N) is 1. The molecule has 6 nitrogen and oxygen atoms in total. The van der Waals surface area contributed by atoms with E-state index in [0.717, 1.165) is 5.39 Å². The first-order valence-corrected chi connectivity index (χ1v) is 8.57. The van der Waals surface area contributed by atoms with Crippen LogP contribution in [0.4, 0.5) is 0 Å². The summed E-state index contributed by atoms with van der Waals surface area (Å²) in [5, 5.41) is 0.770. The predicted octanol–water partition coefficient (Wildman–Crippen LogP) is 3.65. The molecular formula is C21H21NO5. The lowest BCUT2D eigenvalue weighted by Gasteiger charge is -2.16. The van der Waals surface area contributed by atoms with Crippen LogP contribution in [0.1, 0.15) is 23.0 Å². The lowest BCUT2D eigenvalue weighted by molar-refractivity contribution is -0.137. The summed E-state index contributed by atoms with van der Waals surface area (Å²) in [4.78, 5) is 26.0. The second kappa shape index (κ2) is 7.95. The van der Waals surface area contributed by atoms with Gasteiger partial charge in [-0.1, -0.05) is 36.4 Å². The van der Waals surface area contributed by atoms with E-state index in [1.807, 2.05) is 48.5 Å². The van der Waals surface area contributed by atoms with E-state index in [4.69, 9.17) is 13.9 Å². The van der Waals surface area contributed by atoms with Crippen molar-refractivity contribution in [1.82, 2.24) is 4.90 Å². The number of esters is 1. The van der Waals surface area contributed by atoms with Gasteiger partial charge in [-0.15, -0.1) is 0 Å². The molecule has 0 N–H and O–H groups in total. The Balaban J connectivity index is 1.87. The molecule has 0 radical (unpaired) electrons. The molecule has 2 aromatic carbocycles. The van der Waals surface area contributed by atoms with E-state index in [2.05, 4.69) is 0 Å². The van der Waals surface area contributed by atoms with Gasteiger partial charge in [0.1, 0.15) is 17.9 Å². The molecule has 3 aromatic rings. The summed E-state index contributed by atoms with van der Waals surface area (Å²) in [5.41, 5.74) is 1.15. The second-order valence-electron chi connectivity index (χ2n) is 6.29. The van der Waals surface area contributed by atoms with Crippen LogP contribution in [0.2, 0.25) is 0 Å². The van der Waals surface area contributed by atoms with Crippen LogP contribution >= 0.6 is 0 Å². The number of hydrogen-bond donors (Lipinski definition) is 0. The molecule has 140 valence electrons. The molecule has 0 spiro atoms. The fourth-order valence-electron chi connectivity index (χ4n) is 2.71. The Morgan fingerprint density at radius 2 is 1.70 bits per heavy atom. The lowest BCUT2D eigenvalue weighted by Crippen LogP contribution is -2.35. The first-order chi connectivity index (χ1) is 13.0. The van der Waals surface area contributed by atoms with Gasteiger partial charge >= 0.3 is 5.97 Å². The van der Waals surface area contributed by atoms with Crippen LogP contribution in [0.25, 0.3) is 11.0 Å². The van der Waals surface area contributed by atoms with Gasteiger partial charge in [0.05, 0.1) is 5.56 Å². The zero-order chi connectivity index (χ0) is 19.4. The fourth-order valence-corrected chi connectivity index (χ4v) is 2.71. The van der Waals surface area contributed by atoms with Gasteiger partial charge in [-0.25, -0.2) is 4.79 Å². The Kier molecular flexibility index (Phi) is 5.45. The van der Waals surface area contributed by atoms with Crippen LogP contribution < -0.4 is 4.74 Å². The van der Waals surface area contributed by atoms with Crippen molar-refractivity contribution in [2.45, 2.75) is 19.6 Å². The quantitative estimate of drug-likeness (QED) is 0.622. The molecule has 3 rings (SSSR count). The van der Waals surface area contributed by atoms with E-state index in [9.17, 15) is 9.59 Å². The minimum absolute atomic E-state index is 0.0468. The minimum atomic E-state index is -0.913. The number of carbonyl (C=O) groups is 2. The van der Waals surface area contributed by atoms with Gasteiger partial charge in [0, 0.05) is 19.5 Å². The highest BCUT2D eigenvalue weighted by atomic mass is 16.6. The molecule has 0 unspecified atom stereocenters. The summed E-state index contributed by atoms with van der Waals surface area (Å²) < 4.78 is 16.8. The molecule has 27 heavy (non-hydrogen) atoms. The van der Waals surface area contributed by atoms with Gasteiger partial charge in [0.25, 0.3) is 5.91 Å². The average Bonchev–Trinajstić information content (AvgIpc) is 3.05. The highest BCUT2D eigenvalue weighted by Gasteiger charge is 2.26. The molecule has 0 saturated heterocycles. The summed E-state index contributed by atoms with van der Waals surface area (Å²) in [6, 6.07) is 16.6. The van der Waals surface area contributed by atoms with Gasteiger partial charge in [-0.3, -0.25) is 4.79 Å². The number of hydrogen-bond acceptors (Lipinski definition) is 5. The molecule has 0 fully saturated rings. The third-order valence-corrected chi connectivity index (χ3v) is 4.08. The molecule has 1 atom stereocenters. The van der Waals surface area contributed by atoms with E-state index in [1.54, 1.807) is 20.2 Å². The predicted molar refractivity (Wildman–Crippen MR) is 101 cm³/mol. The number of fused-ring (bicyclic) bond motifs is 1. The van der Waals surface area contributed by atoms with Gasteiger partial charge in [0.15, 0.2) is 6.10 Å². The summed E-state index contributed by atoms with van der Waals surface area (Å²) >= 11 is 0. The van der Waals surface area contributed by atoms with Crippen molar-refractivity contribution in [3.63, 3.8) is 0 Å². The maximum atomic E-state index is 12.6. The third kappa shape index (κ3) is 4.11. The number of amides is 1. The first-order valence-electron chi connectivity index (χ1n) is 8.57. The van der Waals surface area contributed by atoms with Crippen molar-refractivity contribution in [1.29, 1.82) is 0 Å².